The van der Waals surface area contributed by atoms with Crippen molar-refractivity contribution in [2.75, 3.05) is 0 Å². The van der Waals surface area contributed by atoms with Crippen LogP contribution in [0.1, 0.15) is 17.5 Å². The highest BCUT2D eigenvalue weighted by Gasteiger charge is 2.06. The highest BCUT2D eigenvalue weighted by Crippen LogP contribution is 1.98. The molecule has 1 aromatic rings. The summed E-state index contributed by atoms with van der Waals surface area (Å²) in [6, 6.07) is 0. The van der Waals surface area contributed by atoms with Gasteiger partial charge in [-0.1, -0.05) is 6.58 Å². The zero-order chi connectivity index (χ0) is 8.27. The van der Waals surface area contributed by atoms with E-state index in [-0.39, 0.29) is 5.78 Å². The summed E-state index contributed by atoms with van der Waals surface area (Å²) in [7, 11) is 0. The molecule has 3 heteroatoms. The fourth-order valence-electron chi connectivity index (χ4n) is 0.881. The number of nitrogens with zero attached hydrogens (tertiary/aromatic N) is 2. The Kier molecular flexibility index (Phi) is 2.21. The summed E-state index contributed by atoms with van der Waals surface area (Å²) in [5.41, 5.74) is 0. The molecule has 0 fully saturated rings. The summed E-state index contributed by atoms with van der Waals surface area (Å²) in [6.45, 7) is 6.11. The number of rotatable bonds is 3. The van der Waals surface area contributed by atoms with Gasteiger partial charge in [-0.25, -0.2) is 4.98 Å². The molecule has 0 N–H and O–H groups in total. The summed E-state index contributed by atoms with van der Waals surface area (Å²) in [6.07, 6.45) is 4.66. The summed E-state index contributed by atoms with van der Waals surface area (Å²) < 4.78 is 1.78. The van der Waals surface area contributed by atoms with Crippen molar-refractivity contribution in [3.8, 4) is 0 Å². The maximum absolute atomic E-state index is 11.1. The van der Waals surface area contributed by atoms with Crippen LogP contribution in [0.4, 0.5) is 0 Å². The van der Waals surface area contributed by atoms with Crippen LogP contribution in [0.15, 0.2) is 25.0 Å². The van der Waals surface area contributed by atoms with Crippen molar-refractivity contribution in [3.05, 3.63) is 30.9 Å². The number of hydrogen-bond donors (Lipinski definition) is 0. The van der Waals surface area contributed by atoms with Crippen molar-refractivity contribution >= 4 is 5.78 Å². The number of carbonyl (C=O) groups excluding carboxylic acids is 1. The standard InChI is InChI=1S/C8H10N2O/c1-3-7(11)8-9-5-6-10(8)4-2/h3,5-6H,1,4H2,2H3. The van der Waals surface area contributed by atoms with Crippen LogP contribution in [-0.4, -0.2) is 15.3 Å². The van der Waals surface area contributed by atoms with E-state index in [9.17, 15) is 4.79 Å². The van der Waals surface area contributed by atoms with Gasteiger partial charge in [-0.05, 0) is 13.0 Å². The molecule has 0 aromatic carbocycles. The Labute approximate surface area is 65.4 Å². The number of imidazole rings is 1. The first-order valence-electron chi connectivity index (χ1n) is 3.47. The third-order valence-electron chi connectivity index (χ3n) is 1.46. The molecule has 0 spiro atoms. The predicted molar refractivity (Wildman–Crippen MR) is 42.4 cm³/mol. The first kappa shape index (κ1) is 7.72. The number of ketones is 1. The van der Waals surface area contributed by atoms with Gasteiger partial charge in [0.25, 0.3) is 0 Å². The quantitative estimate of drug-likeness (QED) is 0.480. The van der Waals surface area contributed by atoms with Crippen molar-refractivity contribution < 1.29 is 4.79 Å². The molecule has 1 rings (SSSR count). The number of carbonyl (C=O) groups is 1. The number of aromatic nitrogens is 2. The third kappa shape index (κ3) is 1.37. The molecule has 3 nitrogen and oxygen atoms in total. The first-order chi connectivity index (χ1) is 5.29. The van der Waals surface area contributed by atoms with E-state index < -0.39 is 0 Å². The van der Waals surface area contributed by atoms with Gasteiger partial charge in [0.2, 0.25) is 5.78 Å². The largest absolute Gasteiger partial charge is 0.329 e. The highest BCUT2D eigenvalue weighted by molar-refractivity contribution is 6.01. The summed E-state index contributed by atoms with van der Waals surface area (Å²) >= 11 is 0. The summed E-state index contributed by atoms with van der Waals surface area (Å²) in [5, 5.41) is 0. The Hall–Kier alpha value is -1.38. The minimum absolute atomic E-state index is 0.128. The van der Waals surface area contributed by atoms with Crippen molar-refractivity contribution in [1.29, 1.82) is 0 Å². The lowest BCUT2D eigenvalue weighted by atomic mass is 10.3. The second-order valence-electron chi connectivity index (χ2n) is 2.11. The van der Waals surface area contributed by atoms with Gasteiger partial charge < -0.3 is 4.57 Å². The van der Waals surface area contributed by atoms with E-state index >= 15 is 0 Å². The van der Waals surface area contributed by atoms with E-state index in [1.54, 1.807) is 17.0 Å². The molecule has 0 radical (unpaired) electrons. The number of allylic oxidation sites excluding steroid dienone is 1. The molecule has 0 aliphatic carbocycles. The van der Waals surface area contributed by atoms with Crippen molar-refractivity contribution in [2.24, 2.45) is 0 Å². The predicted octanol–water partition coefficient (Wildman–Crippen LogP) is 1.27. The normalized spacial score (nSPS) is 9.55. The van der Waals surface area contributed by atoms with Crippen LogP contribution in [0.3, 0.4) is 0 Å². The second-order valence-corrected chi connectivity index (χ2v) is 2.11. The van der Waals surface area contributed by atoms with Crippen LogP contribution in [0.5, 0.6) is 0 Å². The third-order valence-corrected chi connectivity index (χ3v) is 1.46. The molecular weight excluding hydrogens is 140 g/mol. The minimum atomic E-state index is -0.128. The Morgan fingerprint density at radius 3 is 3.18 bits per heavy atom. The zero-order valence-electron chi connectivity index (χ0n) is 6.45. The monoisotopic (exact) mass is 150 g/mol. The molecule has 0 aliphatic rings. The van der Waals surface area contributed by atoms with Gasteiger partial charge in [-0.3, -0.25) is 4.79 Å². The van der Waals surface area contributed by atoms with Gasteiger partial charge in [0.1, 0.15) is 0 Å². The molecule has 0 aliphatic heterocycles. The molecule has 0 atom stereocenters. The highest BCUT2D eigenvalue weighted by atomic mass is 16.1. The van der Waals surface area contributed by atoms with Gasteiger partial charge in [-0.2, -0.15) is 0 Å². The maximum atomic E-state index is 11.1. The lowest BCUT2D eigenvalue weighted by Gasteiger charge is -1.98. The average Bonchev–Trinajstić information content (AvgIpc) is 2.50. The molecule has 0 amide bonds. The molecule has 1 aromatic heterocycles. The molecular formula is C8H10N2O. The lowest BCUT2D eigenvalue weighted by Crippen LogP contribution is -2.06. The Morgan fingerprint density at radius 1 is 1.91 bits per heavy atom. The molecule has 0 saturated heterocycles. The van der Waals surface area contributed by atoms with E-state index in [1.165, 1.54) is 6.08 Å². The van der Waals surface area contributed by atoms with Crippen molar-refractivity contribution in [1.82, 2.24) is 9.55 Å². The van der Waals surface area contributed by atoms with E-state index in [2.05, 4.69) is 11.6 Å². The number of hydrogen-bond acceptors (Lipinski definition) is 2. The van der Waals surface area contributed by atoms with Crippen molar-refractivity contribution in [2.45, 2.75) is 13.5 Å². The Bertz CT molecular complexity index is 275. The molecule has 0 saturated carbocycles. The molecule has 0 bridgehead atoms. The van der Waals surface area contributed by atoms with Crippen LogP contribution in [0.2, 0.25) is 0 Å². The van der Waals surface area contributed by atoms with E-state index in [0.29, 0.717) is 5.82 Å². The van der Waals surface area contributed by atoms with Gasteiger partial charge >= 0.3 is 0 Å². The zero-order valence-corrected chi connectivity index (χ0v) is 6.45. The van der Waals surface area contributed by atoms with E-state index in [0.717, 1.165) is 6.54 Å². The van der Waals surface area contributed by atoms with Crippen LogP contribution in [-0.2, 0) is 6.54 Å². The number of aryl methyl sites for hydroxylation is 1. The minimum Gasteiger partial charge on any atom is -0.329 e. The molecule has 58 valence electrons. The van der Waals surface area contributed by atoms with Gasteiger partial charge in [0.05, 0.1) is 0 Å². The Balaban J connectivity index is 3.01. The SMILES string of the molecule is C=CC(=O)c1nccn1CC. The summed E-state index contributed by atoms with van der Waals surface area (Å²) in [5.74, 6) is 0.333. The van der Waals surface area contributed by atoms with Gasteiger partial charge in [-0.15, -0.1) is 0 Å². The maximum Gasteiger partial charge on any atom is 0.220 e. The van der Waals surface area contributed by atoms with Crippen LogP contribution < -0.4 is 0 Å². The van der Waals surface area contributed by atoms with Crippen LogP contribution >= 0.6 is 0 Å². The lowest BCUT2D eigenvalue weighted by molar-refractivity contribution is 0.103. The Morgan fingerprint density at radius 2 is 2.64 bits per heavy atom. The van der Waals surface area contributed by atoms with Gasteiger partial charge in [0.15, 0.2) is 5.82 Å². The fraction of sp³-hybridized carbons (Fsp3) is 0.250. The fourth-order valence-corrected chi connectivity index (χ4v) is 0.881. The van der Waals surface area contributed by atoms with Gasteiger partial charge in [0, 0.05) is 18.9 Å². The molecule has 0 unspecified atom stereocenters. The van der Waals surface area contributed by atoms with Crippen LogP contribution in [0.25, 0.3) is 0 Å². The smallest absolute Gasteiger partial charge is 0.220 e. The molecule has 11 heavy (non-hydrogen) atoms. The second kappa shape index (κ2) is 3.14. The average molecular weight is 150 g/mol. The van der Waals surface area contributed by atoms with Crippen LogP contribution in [0, 0.1) is 0 Å². The van der Waals surface area contributed by atoms with E-state index in [1.807, 2.05) is 6.92 Å². The van der Waals surface area contributed by atoms with Crippen molar-refractivity contribution in [3.63, 3.8) is 0 Å². The topological polar surface area (TPSA) is 34.9 Å². The first-order valence-corrected chi connectivity index (χ1v) is 3.47. The van der Waals surface area contributed by atoms with E-state index in [4.69, 9.17) is 0 Å². The summed E-state index contributed by atoms with van der Waals surface area (Å²) in [4.78, 5) is 15.0. The molecule has 1 heterocycles.